The molecule has 0 saturated carbocycles. The summed E-state index contributed by atoms with van der Waals surface area (Å²) in [6.45, 7) is 2.05. The van der Waals surface area contributed by atoms with Gasteiger partial charge in [0.1, 0.15) is 17.0 Å². The minimum absolute atomic E-state index is 0.294. The lowest BCUT2D eigenvalue weighted by Gasteiger charge is -2.03. The van der Waals surface area contributed by atoms with E-state index in [-0.39, 0.29) is 0 Å². The molecule has 0 unspecified atom stereocenters. The van der Waals surface area contributed by atoms with E-state index in [1.807, 2.05) is 24.3 Å². The van der Waals surface area contributed by atoms with Gasteiger partial charge in [-0.1, -0.05) is 0 Å². The number of fused-ring (bicyclic) bond motifs is 3. The minimum atomic E-state index is -0.606. The zero-order valence-electron chi connectivity index (χ0n) is 16.2. The van der Waals surface area contributed by atoms with Crippen molar-refractivity contribution >= 4 is 34.0 Å². The van der Waals surface area contributed by atoms with Crippen molar-refractivity contribution in [3.8, 4) is 17.0 Å². The molecule has 2 aromatic carbocycles. The smallest absolute Gasteiger partial charge is 0.435 e. The van der Waals surface area contributed by atoms with Crippen LogP contribution in [0, 0.1) is 0 Å². The second-order valence-corrected chi connectivity index (χ2v) is 6.29. The number of aromatic amines is 1. The zero-order chi connectivity index (χ0) is 20.5. The fourth-order valence-electron chi connectivity index (χ4n) is 3.28. The molecule has 0 aliphatic rings. The maximum Gasteiger partial charge on any atom is 0.435 e. The van der Waals surface area contributed by atoms with Gasteiger partial charge in [-0.15, -0.1) is 0 Å². The average molecular weight is 393 g/mol. The number of ether oxygens (including phenoxy) is 3. The van der Waals surface area contributed by atoms with Crippen LogP contribution in [-0.2, 0) is 9.47 Å². The third-order valence-corrected chi connectivity index (χ3v) is 4.64. The summed E-state index contributed by atoms with van der Waals surface area (Å²) in [5.74, 6) is 0.311. The summed E-state index contributed by atoms with van der Waals surface area (Å²) < 4.78 is 16.4. The number of rotatable bonds is 4. The maximum atomic E-state index is 12.3. The Morgan fingerprint density at radius 1 is 1.10 bits per heavy atom. The minimum Gasteiger partial charge on any atom is -0.497 e. The number of aromatic nitrogens is 3. The summed E-state index contributed by atoms with van der Waals surface area (Å²) in [7, 11) is 2.90. The second-order valence-electron chi connectivity index (χ2n) is 6.29. The fraction of sp³-hybridized carbons (Fsp3) is 0.190. The van der Waals surface area contributed by atoms with Gasteiger partial charge in [-0.3, -0.25) is 0 Å². The summed E-state index contributed by atoms with van der Waals surface area (Å²) in [5, 5.41) is 5.20. The van der Waals surface area contributed by atoms with Crippen molar-refractivity contribution in [1.82, 2.24) is 14.8 Å². The predicted molar refractivity (Wildman–Crippen MR) is 107 cm³/mol. The normalized spacial score (nSPS) is 11.0. The molecule has 29 heavy (non-hydrogen) atoms. The van der Waals surface area contributed by atoms with Crippen LogP contribution in [0.15, 0.2) is 42.5 Å². The number of hydrogen-bond acceptors (Lipinski definition) is 6. The van der Waals surface area contributed by atoms with Crippen molar-refractivity contribution in [3.63, 3.8) is 0 Å². The van der Waals surface area contributed by atoms with E-state index in [0.717, 1.165) is 10.9 Å². The van der Waals surface area contributed by atoms with Crippen LogP contribution in [0.1, 0.15) is 17.3 Å². The van der Waals surface area contributed by atoms with Gasteiger partial charge in [0.25, 0.3) is 0 Å². The molecule has 2 heterocycles. The number of carbonyl (C=O) groups excluding carboxylic acids is 2. The van der Waals surface area contributed by atoms with E-state index in [0.29, 0.717) is 40.2 Å². The summed E-state index contributed by atoms with van der Waals surface area (Å²) in [6.07, 6.45) is -0.606. The van der Waals surface area contributed by atoms with Crippen molar-refractivity contribution in [2.24, 2.45) is 0 Å². The summed E-state index contributed by atoms with van der Waals surface area (Å²) in [4.78, 5) is 27.7. The molecular weight excluding hydrogens is 374 g/mol. The number of methoxy groups -OCH3 is 2. The van der Waals surface area contributed by atoms with E-state index in [9.17, 15) is 9.59 Å². The summed E-state index contributed by atoms with van der Waals surface area (Å²) >= 11 is 0. The highest BCUT2D eigenvalue weighted by atomic mass is 16.5. The van der Waals surface area contributed by atoms with Crippen LogP contribution in [-0.4, -0.2) is 47.7 Å². The van der Waals surface area contributed by atoms with Gasteiger partial charge in [-0.25, -0.2) is 9.59 Å². The predicted octanol–water partition coefficient (Wildman–Crippen LogP) is 3.98. The van der Waals surface area contributed by atoms with Crippen LogP contribution in [0.25, 0.3) is 33.2 Å². The summed E-state index contributed by atoms with van der Waals surface area (Å²) in [6, 6.07) is 12.5. The van der Waals surface area contributed by atoms with Crippen molar-refractivity contribution < 1.29 is 23.8 Å². The molecule has 0 amide bonds. The molecule has 1 N–H and O–H groups in total. The van der Waals surface area contributed by atoms with Crippen LogP contribution in [0.2, 0.25) is 0 Å². The van der Waals surface area contributed by atoms with Gasteiger partial charge in [0, 0.05) is 16.5 Å². The van der Waals surface area contributed by atoms with Crippen LogP contribution in [0.5, 0.6) is 5.75 Å². The van der Waals surface area contributed by atoms with Gasteiger partial charge in [-0.05, 0) is 49.4 Å². The van der Waals surface area contributed by atoms with Crippen molar-refractivity contribution in [2.45, 2.75) is 6.92 Å². The maximum absolute atomic E-state index is 12.3. The van der Waals surface area contributed by atoms with Crippen molar-refractivity contribution in [1.29, 1.82) is 0 Å². The molecule has 4 aromatic rings. The van der Waals surface area contributed by atoms with Gasteiger partial charge in [0.2, 0.25) is 0 Å². The van der Waals surface area contributed by atoms with E-state index in [1.54, 1.807) is 32.2 Å². The molecule has 0 fully saturated rings. The van der Waals surface area contributed by atoms with Crippen LogP contribution < -0.4 is 4.74 Å². The molecule has 0 atom stereocenters. The number of hydrogen-bond donors (Lipinski definition) is 1. The second kappa shape index (κ2) is 7.31. The Kier molecular flexibility index (Phi) is 4.67. The lowest BCUT2D eigenvalue weighted by atomic mass is 10.1. The first-order chi connectivity index (χ1) is 14.1. The average Bonchev–Trinajstić information content (AvgIpc) is 3.30. The van der Waals surface area contributed by atoms with E-state index >= 15 is 0 Å². The molecule has 0 radical (unpaired) electrons. The van der Waals surface area contributed by atoms with Crippen LogP contribution in [0.4, 0.5) is 4.79 Å². The fourth-order valence-corrected chi connectivity index (χ4v) is 3.28. The lowest BCUT2D eigenvalue weighted by molar-refractivity contribution is 0.0526. The van der Waals surface area contributed by atoms with Crippen molar-refractivity contribution in [2.75, 3.05) is 20.8 Å². The topological polar surface area (TPSA) is 95.4 Å². The van der Waals surface area contributed by atoms with E-state index < -0.39 is 12.1 Å². The number of benzene rings is 2. The number of nitrogens with zero attached hydrogens (tertiary/aromatic N) is 2. The molecule has 8 heteroatoms. The highest BCUT2D eigenvalue weighted by Gasteiger charge is 2.22. The Hall–Kier alpha value is -3.81. The number of nitrogens with one attached hydrogen (secondary N) is 1. The molecule has 0 saturated heterocycles. The third kappa shape index (κ3) is 3.08. The number of H-pyrrole nitrogens is 1. The van der Waals surface area contributed by atoms with Crippen LogP contribution >= 0.6 is 0 Å². The first-order valence-corrected chi connectivity index (χ1v) is 9.01. The monoisotopic (exact) mass is 393 g/mol. The SMILES string of the molecule is CCOC(=O)c1ccc2c(c1)[nH]c1c(-c3ccc(OC)cc3)nn(C(=O)OC)c12. The number of esters is 1. The van der Waals surface area contributed by atoms with E-state index in [2.05, 4.69) is 10.1 Å². The Morgan fingerprint density at radius 2 is 1.86 bits per heavy atom. The largest absolute Gasteiger partial charge is 0.497 e. The highest BCUT2D eigenvalue weighted by molar-refractivity contribution is 6.13. The molecule has 2 aromatic heterocycles. The molecule has 0 aliphatic carbocycles. The lowest BCUT2D eigenvalue weighted by Crippen LogP contribution is -2.12. The van der Waals surface area contributed by atoms with E-state index in [4.69, 9.17) is 14.2 Å². The van der Waals surface area contributed by atoms with E-state index in [1.165, 1.54) is 11.8 Å². The highest BCUT2D eigenvalue weighted by Crippen LogP contribution is 2.34. The van der Waals surface area contributed by atoms with Gasteiger partial charge < -0.3 is 19.2 Å². The standard InChI is InChI=1S/C21H19N3O5/c1-4-29-20(25)13-7-10-15-16(11-13)22-18-17(12-5-8-14(27-2)9-6-12)23-24(19(15)18)21(26)28-3/h5-11,22H,4H2,1-3H3. The van der Waals surface area contributed by atoms with Crippen LogP contribution in [0.3, 0.4) is 0 Å². The molecule has 0 spiro atoms. The number of carbonyl (C=O) groups is 2. The van der Waals surface area contributed by atoms with Gasteiger partial charge >= 0.3 is 12.1 Å². The Balaban J connectivity index is 1.95. The van der Waals surface area contributed by atoms with Gasteiger partial charge in [0.15, 0.2) is 0 Å². The summed E-state index contributed by atoms with van der Waals surface area (Å²) in [5.41, 5.74) is 3.74. The van der Waals surface area contributed by atoms with Gasteiger partial charge in [-0.2, -0.15) is 9.78 Å². The first kappa shape index (κ1) is 18.5. The first-order valence-electron chi connectivity index (χ1n) is 9.01. The quantitative estimate of drug-likeness (QED) is 0.527. The molecule has 148 valence electrons. The Labute approximate surface area is 166 Å². The molecule has 8 nitrogen and oxygen atoms in total. The van der Waals surface area contributed by atoms with Crippen molar-refractivity contribution in [3.05, 3.63) is 48.0 Å². The van der Waals surface area contributed by atoms with Gasteiger partial charge in [0.05, 0.1) is 31.9 Å². The zero-order valence-corrected chi connectivity index (χ0v) is 16.2. The molecule has 0 aliphatic heterocycles. The molecular formula is C21H19N3O5. The molecule has 4 rings (SSSR count). The molecule has 0 bridgehead atoms. The Bertz CT molecular complexity index is 1220. The Morgan fingerprint density at radius 3 is 2.52 bits per heavy atom. The third-order valence-electron chi connectivity index (χ3n) is 4.64.